The number of nitrogen functional groups attached to an aromatic ring is 1. The molecule has 0 radical (unpaired) electrons. The molecule has 0 spiro atoms. The summed E-state index contributed by atoms with van der Waals surface area (Å²) in [5.41, 5.74) is 7.32. The molecular weight excluding hydrogens is 248 g/mol. The fourth-order valence-corrected chi connectivity index (χ4v) is 2.38. The van der Waals surface area contributed by atoms with Crippen molar-refractivity contribution in [3.8, 4) is 0 Å². The number of thioether (sulfide) groups is 1. The molecular formula is C13H20N2O2S. The highest BCUT2D eigenvalue weighted by Crippen LogP contribution is 2.21. The van der Waals surface area contributed by atoms with E-state index in [4.69, 9.17) is 10.8 Å². The van der Waals surface area contributed by atoms with E-state index in [-0.39, 0.29) is 5.56 Å². The van der Waals surface area contributed by atoms with Gasteiger partial charge in [-0.2, -0.15) is 11.8 Å². The molecule has 4 nitrogen and oxygen atoms in total. The van der Waals surface area contributed by atoms with Gasteiger partial charge in [0.1, 0.15) is 0 Å². The predicted molar refractivity (Wildman–Crippen MR) is 78.5 cm³/mol. The van der Waals surface area contributed by atoms with Crippen LogP contribution in [0.4, 0.5) is 11.4 Å². The van der Waals surface area contributed by atoms with E-state index in [1.165, 1.54) is 6.07 Å². The van der Waals surface area contributed by atoms with Gasteiger partial charge in [0.25, 0.3) is 0 Å². The number of hydrogen-bond donors (Lipinski definition) is 3. The Labute approximate surface area is 112 Å². The largest absolute Gasteiger partial charge is 0.478 e. The highest BCUT2D eigenvalue weighted by molar-refractivity contribution is 7.99. The van der Waals surface area contributed by atoms with Gasteiger partial charge in [0.05, 0.1) is 16.9 Å². The molecule has 0 saturated heterocycles. The van der Waals surface area contributed by atoms with E-state index in [1.54, 1.807) is 12.1 Å². The molecule has 1 rings (SSSR count). The summed E-state index contributed by atoms with van der Waals surface area (Å²) in [6.07, 6.45) is 1.05. The normalized spacial score (nSPS) is 12.1. The molecule has 1 unspecified atom stereocenters. The SMILES string of the molecule is CCSCCC(C)Nc1ccc(C(=O)O)cc1N. The number of carboxylic acids is 1. The highest BCUT2D eigenvalue weighted by atomic mass is 32.2. The van der Waals surface area contributed by atoms with Crippen LogP contribution in [0, 0.1) is 0 Å². The topological polar surface area (TPSA) is 75.3 Å². The summed E-state index contributed by atoms with van der Waals surface area (Å²) < 4.78 is 0. The number of rotatable bonds is 7. The van der Waals surface area contributed by atoms with E-state index in [9.17, 15) is 4.79 Å². The van der Waals surface area contributed by atoms with Gasteiger partial charge < -0.3 is 16.2 Å². The van der Waals surface area contributed by atoms with Crippen molar-refractivity contribution >= 4 is 29.1 Å². The van der Waals surface area contributed by atoms with E-state index in [0.29, 0.717) is 11.7 Å². The number of carboxylic acid groups (broad SMARTS) is 1. The third-order valence-electron chi connectivity index (χ3n) is 2.60. The Bertz CT molecular complexity index is 410. The first-order valence-corrected chi connectivity index (χ1v) is 7.17. The van der Waals surface area contributed by atoms with Gasteiger partial charge in [-0.1, -0.05) is 6.92 Å². The smallest absolute Gasteiger partial charge is 0.335 e. The highest BCUT2D eigenvalue weighted by Gasteiger charge is 2.08. The summed E-state index contributed by atoms with van der Waals surface area (Å²) in [4.78, 5) is 10.8. The van der Waals surface area contributed by atoms with Crippen LogP contribution < -0.4 is 11.1 Å². The van der Waals surface area contributed by atoms with Crippen LogP contribution >= 0.6 is 11.8 Å². The van der Waals surface area contributed by atoms with E-state index in [2.05, 4.69) is 19.2 Å². The maximum Gasteiger partial charge on any atom is 0.335 e. The Balaban J connectivity index is 2.59. The van der Waals surface area contributed by atoms with Crippen LogP contribution in [0.25, 0.3) is 0 Å². The van der Waals surface area contributed by atoms with Crippen molar-refractivity contribution < 1.29 is 9.90 Å². The minimum Gasteiger partial charge on any atom is -0.478 e. The van der Waals surface area contributed by atoms with E-state index >= 15 is 0 Å². The minimum atomic E-state index is -0.958. The summed E-state index contributed by atoms with van der Waals surface area (Å²) in [5, 5.41) is 12.2. The number of aromatic carboxylic acids is 1. The predicted octanol–water partition coefficient (Wildman–Crippen LogP) is 2.91. The lowest BCUT2D eigenvalue weighted by molar-refractivity contribution is 0.0697. The van der Waals surface area contributed by atoms with Crippen LogP contribution in [0.3, 0.4) is 0 Å². The minimum absolute atomic E-state index is 0.215. The third kappa shape index (κ3) is 4.49. The summed E-state index contributed by atoms with van der Waals surface area (Å²) >= 11 is 1.91. The van der Waals surface area contributed by atoms with Gasteiger partial charge in [0.15, 0.2) is 0 Å². The van der Waals surface area contributed by atoms with E-state index in [0.717, 1.165) is 23.6 Å². The molecule has 1 aromatic carbocycles. The fraction of sp³-hybridized carbons (Fsp3) is 0.462. The Kier molecular flexibility index (Phi) is 5.85. The van der Waals surface area contributed by atoms with Crippen molar-refractivity contribution in [1.29, 1.82) is 0 Å². The first-order chi connectivity index (χ1) is 8.54. The standard InChI is InChI=1S/C13H20N2O2S/c1-3-18-7-6-9(2)15-12-5-4-10(13(16)17)8-11(12)14/h4-5,8-9,15H,3,6-7,14H2,1-2H3,(H,16,17). The van der Waals surface area contributed by atoms with Gasteiger partial charge in [-0.3, -0.25) is 0 Å². The first-order valence-electron chi connectivity index (χ1n) is 6.01. The summed E-state index contributed by atoms with van der Waals surface area (Å²) in [7, 11) is 0. The molecule has 0 fully saturated rings. The molecule has 1 atom stereocenters. The Morgan fingerprint density at radius 3 is 2.83 bits per heavy atom. The molecule has 18 heavy (non-hydrogen) atoms. The quantitative estimate of drug-likeness (QED) is 0.523. The first kappa shape index (κ1) is 14.7. The van der Waals surface area contributed by atoms with Crippen molar-refractivity contribution in [2.45, 2.75) is 26.3 Å². The van der Waals surface area contributed by atoms with Crippen molar-refractivity contribution in [3.63, 3.8) is 0 Å². The second-order valence-electron chi connectivity index (χ2n) is 4.14. The molecule has 0 aliphatic carbocycles. The van der Waals surface area contributed by atoms with Crippen LogP contribution in [0.2, 0.25) is 0 Å². The fourth-order valence-electron chi connectivity index (χ4n) is 1.57. The number of carbonyl (C=O) groups is 1. The molecule has 0 aliphatic rings. The molecule has 100 valence electrons. The van der Waals surface area contributed by atoms with Crippen LogP contribution in [0.5, 0.6) is 0 Å². The zero-order valence-electron chi connectivity index (χ0n) is 10.8. The lowest BCUT2D eigenvalue weighted by Gasteiger charge is -2.16. The molecule has 0 aromatic heterocycles. The van der Waals surface area contributed by atoms with Gasteiger partial charge in [-0.25, -0.2) is 4.79 Å². The molecule has 0 amide bonds. The molecule has 4 N–H and O–H groups in total. The zero-order valence-corrected chi connectivity index (χ0v) is 11.6. The Morgan fingerprint density at radius 2 is 2.28 bits per heavy atom. The lowest BCUT2D eigenvalue weighted by atomic mass is 10.1. The summed E-state index contributed by atoms with van der Waals surface area (Å²) in [5.74, 6) is 1.28. The second kappa shape index (κ2) is 7.16. The van der Waals surface area contributed by atoms with E-state index in [1.807, 2.05) is 11.8 Å². The van der Waals surface area contributed by atoms with Gasteiger partial charge in [-0.05, 0) is 43.0 Å². The third-order valence-corrected chi connectivity index (χ3v) is 3.53. The summed E-state index contributed by atoms with van der Waals surface area (Å²) in [6.45, 7) is 4.24. The maximum atomic E-state index is 10.8. The average Bonchev–Trinajstić information content (AvgIpc) is 2.32. The van der Waals surface area contributed by atoms with Gasteiger partial charge in [0, 0.05) is 6.04 Å². The number of benzene rings is 1. The number of hydrogen-bond acceptors (Lipinski definition) is 4. The van der Waals surface area contributed by atoms with Crippen molar-refractivity contribution in [3.05, 3.63) is 23.8 Å². The van der Waals surface area contributed by atoms with Crippen LogP contribution in [0.15, 0.2) is 18.2 Å². The summed E-state index contributed by atoms with van der Waals surface area (Å²) in [6, 6.07) is 5.09. The van der Waals surface area contributed by atoms with Crippen molar-refractivity contribution in [2.24, 2.45) is 0 Å². The van der Waals surface area contributed by atoms with Gasteiger partial charge in [0.2, 0.25) is 0 Å². The number of nitrogens with two attached hydrogens (primary N) is 1. The van der Waals surface area contributed by atoms with Gasteiger partial charge in [-0.15, -0.1) is 0 Å². The van der Waals surface area contributed by atoms with Crippen LogP contribution in [-0.4, -0.2) is 28.6 Å². The molecule has 0 bridgehead atoms. The molecule has 5 heteroatoms. The molecule has 0 saturated carbocycles. The second-order valence-corrected chi connectivity index (χ2v) is 5.53. The van der Waals surface area contributed by atoms with E-state index < -0.39 is 5.97 Å². The molecule has 0 aliphatic heterocycles. The zero-order chi connectivity index (χ0) is 13.5. The van der Waals surface area contributed by atoms with Gasteiger partial charge >= 0.3 is 5.97 Å². The van der Waals surface area contributed by atoms with Crippen LogP contribution in [0.1, 0.15) is 30.6 Å². The van der Waals surface area contributed by atoms with Crippen LogP contribution in [-0.2, 0) is 0 Å². The van der Waals surface area contributed by atoms with Crippen molar-refractivity contribution in [1.82, 2.24) is 0 Å². The maximum absolute atomic E-state index is 10.8. The monoisotopic (exact) mass is 268 g/mol. The molecule has 0 heterocycles. The molecule has 1 aromatic rings. The Morgan fingerprint density at radius 1 is 1.56 bits per heavy atom. The average molecular weight is 268 g/mol. The number of anilines is 2. The lowest BCUT2D eigenvalue weighted by Crippen LogP contribution is -2.17. The number of nitrogens with one attached hydrogen (secondary N) is 1. The Hall–Kier alpha value is -1.36. The van der Waals surface area contributed by atoms with Crippen molar-refractivity contribution in [2.75, 3.05) is 22.6 Å².